The number of nitrogens with one attached hydrogen (secondary N) is 1. The third-order valence-electron chi connectivity index (χ3n) is 6.53. The molecule has 1 amide bonds. The highest BCUT2D eigenvalue weighted by molar-refractivity contribution is 7.88. The monoisotopic (exact) mass is 482 g/mol. The van der Waals surface area contributed by atoms with Crippen molar-refractivity contribution in [2.24, 2.45) is 5.41 Å². The van der Waals surface area contributed by atoms with E-state index in [9.17, 15) is 27.1 Å². The van der Waals surface area contributed by atoms with E-state index in [1.165, 1.54) is 6.07 Å². The van der Waals surface area contributed by atoms with Gasteiger partial charge in [0.15, 0.2) is 6.10 Å². The van der Waals surface area contributed by atoms with E-state index in [4.69, 9.17) is 0 Å². The van der Waals surface area contributed by atoms with Gasteiger partial charge in [-0.05, 0) is 30.4 Å². The van der Waals surface area contributed by atoms with Crippen molar-refractivity contribution in [3.8, 4) is 11.1 Å². The molecule has 1 heterocycles. The Morgan fingerprint density at radius 1 is 1.18 bits per heavy atom. The van der Waals surface area contributed by atoms with Crippen LogP contribution in [0.2, 0.25) is 0 Å². The summed E-state index contributed by atoms with van der Waals surface area (Å²) >= 11 is 0. The minimum atomic E-state index is -3.70. The number of hydrogen-bond acceptors (Lipinski definition) is 4. The number of alkyl halides is 2. The highest BCUT2D eigenvalue weighted by Gasteiger charge is 2.61. The van der Waals surface area contributed by atoms with Gasteiger partial charge in [-0.15, -0.1) is 0 Å². The molecule has 6 nitrogen and oxygen atoms in total. The molecule has 1 spiro atoms. The molecule has 4 rings (SSSR count). The third-order valence-corrected chi connectivity index (χ3v) is 7.21. The van der Waals surface area contributed by atoms with Gasteiger partial charge in [0, 0.05) is 23.6 Å². The standard InChI is InChI=1S/C23H25F3N2O4S/c1-33(31,32)27-20-17(28(13-23(20)10-11-23)22(30)19(29)21(25)26)12-15-8-5-9-16(18(15)24)14-6-3-2-4-7-14/h2-9,17,19-21,27,29H,10-13H2,1H3/t17-,19?,20+/m0/s1. The van der Waals surface area contributed by atoms with Crippen LogP contribution in [-0.4, -0.2) is 61.7 Å². The number of carbonyl (C=O) groups is 1. The molecule has 1 aliphatic heterocycles. The average molecular weight is 483 g/mol. The molecular weight excluding hydrogens is 457 g/mol. The highest BCUT2D eigenvalue weighted by atomic mass is 32.2. The molecule has 0 aromatic heterocycles. The van der Waals surface area contributed by atoms with Crippen molar-refractivity contribution < 1.29 is 31.5 Å². The van der Waals surface area contributed by atoms with Crippen molar-refractivity contribution in [2.45, 2.75) is 43.9 Å². The quantitative estimate of drug-likeness (QED) is 0.635. The third kappa shape index (κ3) is 4.78. The van der Waals surface area contributed by atoms with Crippen LogP contribution in [0.5, 0.6) is 0 Å². The maximum atomic E-state index is 15.5. The molecule has 2 N–H and O–H groups in total. The second-order valence-corrected chi connectivity index (χ2v) is 10.7. The zero-order valence-electron chi connectivity index (χ0n) is 17.9. The number of hydrogen-bond donors (Lipinski definition) is 2. The molecule has 1 saturated carbocycles. The second kappa shape index (κ2) is 8.73. The van der Waals surface area contributed by atoms with Crippen molar-refractivity contribution in [3.05, 3.63) is 59.9 Å². The Kier molecular flexibility index (Phi) is 6.28. The SMILES string of the molecule is CS(=O)(=O)N[C@@H]1[C@H](Cc2cccc(-c3ccccc3)c2F)N(C(=O)C(O)C(F)F)CC12CC2. The van der Waals surface area contributed by atoms with Crippen LogP contribution < -0.4 is 4.72 Å². The molecule has 0 bridgehead atoms. The first-order valence-electron chi connectivity index (χ1n) is 10.6. The summed E-state index contributed by atoms with van der Waals surface area (Å²) < 4.78 is 68.4. The van der Waals surface area contributed by atoms with Gasteiger partial charge in [0.25, 0.3) is 12.3 Å². The molecule has 1 unspecified atom stereocenters. The molecule has 33 heavy (non-hydrogen) atoms. The molecule has 178 valence electrons. The number of amides is 1. The van der Waals surface area contributed by atoms with Crippen LogP contribution in [0.1, 0.15) is 18.4 Å². The first-order chi connectivity index (χ1) is 15.5. The molecule has 1 saturated heterocycles. The summed E-state index contributed by atoms with van der Waals surface area (Å²) in [5.41, 5.74) is 0.599. The van der Waals surface area contributed by atoms with Crippen LogP contribution >= 0.6 is 0 Å². The predicted octanol–water partition coefficient (Wildman–Crippen LogP) is 2.57. The minimum Gasteiger partial charge on any atom is -0.378 e. The van der Waals surface area contributed by atoms with E-state index < -0.39 is 51.8 Å². The van der Waals surface area contributed by atoms with E-state index in [1.807, 2.05) is 0 Å². The lowest BCUT2D eigenvalue weighted by Gasteiger charge is -2.30. The Labute approximate surface area is 190 Å². The van der Waals surface area contributed by atoms with Gasteiger partial charge in [-0.1, -0.05) is 48.5 Å². The van der Waals surface area contributed by atoms with Crippen molar-refractivity contribution in [1.82, 2.24) is 9.62 Å². The van der Waals surface area contributed by atoms with Crippen LogP contribution in [0.15, 0.2) is 48.5 Å². The van der Waals surface area contributed by atoms with Crippen LogP contribution in [0.3, 0.4) is 0 Å². The van der Waals surface area contributed by atoms with Gasteiger partial charge in [0.05, 0.1) is 12.3 Å². The number of benzene rings is 2. The fourth-order valence-corrected chi connectivity index (χ4v) is 5.63. The van der Waals surface area contributed by atoms with E-state index in [-0.39, 0.29) is 18.5 Å². The zero-order chi connectivity index (χ0) is 24.0. The van der Waals surface area contributed by atoms with E-state index in [1.54, 1.807) is 42.5 Å². The molecule has 1 aliphatic carbocycles. The Bertz CT molecular complexity index is 1140. The van der Waals surface area contributed by atoms with E-state index in [0.717, 1.165) is 11.2 Å². The fourth-order valence-electron chi connectivity index (χ4n) is 4.76. The Hall–Kier alpha value is -2.43. The van der Waals surface area contributed by atoms with Crippen molar-refractivity contribution in [2.75, 3.05) is 12.8 Å². The Morgan fingerprint density at radius 3 is 2.42 bits per heavy atom. The molecule has 3 atom stereocenters. The van der Waals surface area contributed by atoms with E-state index >= 15 is 4.39 Å². The summed E-state index contributed by atoms with van der Waals surface area (Å²) in [6.45, 7) is 0.0213. The first-order valence-corrected chi connectivity index (χ1v) is 12.5. The molecule has 10 heteroatoms. The van der Waals surface area contributed by atoms with Gasteiger partial charge < -0.3 is 10.0 Å². The lowest BCUT2D eigenvalue weighted by atomic mass is 9.91. The molecular formula is C23H25F3N2O4S. The minimum absolute atomic E-state index is 0.0213. The van der Waals surface area contributed by atoms with E-state index in [2.05, 4.69) is 4.72 Å². The van der Waals surface area contributed by atoms with Gasteiger partial charge >= 0.3 is 0 Å². The highest BCUT2D eigenvalue weighted by Crippen LogP contribution is 2.55. The normalized spacial score (nSPS) is 22.7. The number of rotatable bonds is 7. The van der Waals surface area contributed by atoms with Gasteiger partial charge in [0.1, 0.15) is 5.82 Å². The van der Waals surface area contributed by atoms with Crippen LogP contribution in [0, 0.1) is 11.2 Å². The van der Waals surface area contributed by atoms with Gasteiger partial charge in [0.2, 0.25) is 10.0 Å². The number of carbonyl (C=O) groups excluding carboxylic acids is 1. The maximum Gasteiger partial charge on any atom is 0.273 e. The van der Waals surface area contributed by atoms with Crippen molar-refractivity contribution >= 4 is 15.9 Å². The predicted molar refractivity (Wildman–Crippen MR) is 116 cm³/mol. The summed E-state index contributed by atoms with van der Waals surface area (Å²) in [5.74, 6) is -1.71. The number of sulfonamides is 1. The summed E-state index contributed by atoms with van der Waals surface area (Å²) in [5, 5.41) is 9.74. The van der Waals surface area contributed by atoms with Gasteiger partial charge in [-0.25, -0.2) is 26.3 Å². The van der Waals surface area contributed by atoms with Gasteiger partial charge in [-0.2, -0.15) is 0 Å². The molecule has 2 aromatic carbocycles. The topological polar surface area (TPSA) is 86.7 Å². The fraction of sp³-hybridized carbons (Fsp3) is 0.435. The average Bonchev–Trinajstić information content (AvgIpc) is 3.49. The number of likely N-dealkylation sites (tertiary alicyclic amines) is 1. The molecule has 2 aromatic rings. The van der Waals surface area contributed by atoms with Crippen molar-refractivity contribution in [1.29, 1.82) is 0 Å². The summed E-state index contributed by atoms with van der Waals surface area (Å²) in [4.78, 5) is 13.8. The van der Waals surface area contributed by atoms with Crippen molar-refractivity contribution in [3.63, 3.8) is 0 Å². The summed E-state index contributed by atoms with van der Waals surface area (Å²) in [6, 6.07) is 11.9. The molecule has 2 fully saturated rings. The Balaban J connectivity index is 1.72. The first kappa shape index (κ1) is 23.7. The largest absolute Gasteiger partial charge is 0.378 e. The number of nitrogens with zero attached hydrogens (tertiary/aromatic N) is 1. The lowest BCUT2D eigenvalue weighted by Crippen LogP contribution is -2.52. The second-order valence-electron chi connectivity index (χ2n) is 8.89. The number of halogens is 3. The van der Waals surface area contributed by atoms with Crippen LogP contribution in [-0.2, 0) is 21.2 Å². The molecule has 0 radical (unpaired) electrons. The summed E-state index contributed by atoms with van der Waals surface area (Å²) in [7, 11) is -3.70. The number of aliphatic hydroxyl groups is 1. The van der Waals surface area contributed by atoms with Crippen LogP contribution in [0.4, 0.5) is 13.2 Å². The maximum absolute atomic E-state index is 15.5. The number of aliphatic hydroxyl groups excluding tert-OH is 1. The smallest absolute Gasteiger partial charge is 0.273 e. The molecule has 2 aliphatic rings. The zero-order valence-corrected chi connectivity index (χ0v) is 18.7. The van der Waals surface area contributed by atoms with Crippen LogP contribution in [0.25, 0.3) is 11.1 Å². The Morgan fingerprint density at radius 2 is 1.85 bits per heavy atom. The lowest BCUT2D eigenvalue weighted by molar-refractivity contribution is -0.149. The van der Waals surface area contributed by atoms with Gasteiger partial charge in [-0.3, -0.25) is 4.79 Å². The van der Waals surface area contributed by atoms with E-state index in [0.29, 0.717) is 24.0 Å². The summed E-state index contributed by atoms with van der Waals surface area (Å²) in [6.07, 6.45) is -3.73.